The van der Waals surface area contributed by atoms with E-state index < -0.39 is 0 Å². The summed E-state index contributed by atoms with van der Waals surface area (Å²) in [4.78, 5) is 0. The van der Waals surface area contributed by atoms with Gasteiger partial charge in [-0.15, -0.1) is 0 Å². The number of rotatable bonds is 4. The summed E-state index contributed by atoms with van der Waals surface area (Å²) in [5, 5.41) is 3.52. The Bertz CT molecular complexity index is 384. The normalized spacial score (nSPS) is 23.9. The number of ether oxygens (including phenoxy) is 2. The van der Waals surface area contributed by atoms with E-state index in [0.29, 0.717) is 12.1 Å². The van der Waals surface area contributed by atoms with Crippen LogP contribution in [0.1, 0.15) is 18.9 Å². The summed E-state index contributed by atoms with van der Waals surface area (Å²) in [6, 6.07) is 6.54. The van der Waals surface area contributed by atoms with E-state index in [1.807, 2.05) is 12.1 Å². The van der Waals surface area contributed by atoms with Crippen molar-refractivity contribution in [2.24, 2.45) is 0 Å². The van der Waals surface area contributed by atoms with E-state index in [-0.39, 0.29) is 0 Å². The molecular weight excluding hydrogens is 282 g/mol. The molecule has 3 nitrogen and oxygen atoms in total. The highest BCUT2D eigenvalue weighted by Gasteiger charge is 2.23. The van der Waals surface area contributed by atoms with Gasteiger partial charge in [0.2, 0.25) is 0 Å². The Kier molecular flexibility index (Phi) is 4.42. The average molecular weight is 300 g/mol. The van der Waals surface area contributed by atoms with Gasteiger partial charge in [0.15, 0.2) is 0 Å². The van der Waals surface area contributed by atoms with Crippen molar-refractivity contribution in [1.82, 2.24) is 5.32 Å². The fraction of sp³-hybridized carbons (Fsp3) is 0.538. The molecule has 1 aromatic carbocycles. The van der Waals surface area contributed by atoms with E-state index in [9.17, 15) is 0 Å². The first kappa shape index (κ1) is 12.9. The molecule has 0 aromatic heterocycles. The van der Waals surface area contributed by atoms with E-state index >= 15 is 0 Å². The van der Waals surface area contributed by atoms with Gasteiger partial charge in [-0.2, -0.15) is 0 Å². The van der Waals surface area contributed by atoms with Gasteiger partial charge in [-0.3, -0.25) is 0 Å². The van der Waals surface area contributed by atoms with Gasteiger partial charge in [0.1, 0.15) is 5.75 Å². The molecule has 1 aliphatic rings. The fourth-order valence-corrected chi connectivity index (χ4v) is 2.73. The van der Waals surface area contributed by atoms with Crippen LogP contribution in [0.25, 0.3) is 0 Å². The molecule has 0 aliphatic carbocycles. The molecule has 1 aliphatic heterocycles. The summed E-state index contributed by atoms with van der Waals surface area (Å²) >= 11 is 3.50. The summed E-state index contributed by atoms with van der Waals surface area (Å²) in [6.45, 7) is 3.78. The predicted molar refractivity (Wildman–Crippen MR) is 71.4 cm³/mol. The van der Waals surface area contributed by atoms with Crippen LogP contribution in [0.5, 0.6) is 5.75 Å². The summed E-state index contributed by atoms with van der Waals surface area (Å²) in [7, 11) is 1.70. The Hall–Kier alpha value is -0.580. The van der Waals surface area contributed by atoms with Gasteiger partial charge >= 0.3 is 0 Å². The quantitative estimate of drug-likeness (QED) is 0.927. The molecule has 1 fully saturated rings. The maximum absolute atomic E-state index is 5.53. The Labute approximate surface area is 111 Å². The van der Waals surface area contributed by atoms with Crippen molar-refractivity contribution in [2.45, 2.75) is 32.0 Å². The number of halogens is 1. The lowest BCUT2D eigenvalue weighted by Gasteiger charge is -2.17. The zero-order valence-corrected chi connectivity index (χ0v) is 11.8. The first-order valence-corrected chi connectivity index (χ1v) is 6.68. The largest absolute Gasteiger partial charge is 0.495 e. The predicted octanol–water partition coefficient (Wildman–Crippen LogP) is 2.72. The van der Waals surface area contributed by atoms with Gasteiger partial charge < -0.3 is 14.8 Å². The van der Waals surface area contributed by atoms with Crippen molar-refractivity contribution in [3.63, 3.8) is 0 Å². The van der Waals surface area contributed by atoms with Crippen molar-refractivity contribution >= 4 is 15.9 Å². The monoisotopic (exact) mass is 299 g/mol. The van der Waals surface area contributed by atoms with Crippen LogP contribution in [0.4, 0.5) is 0 Å². The van der Waals surface area contributed by atoms with E-state index in [4.69, 9.17) is 9.47 Å². The van der Waals surface area contributed by atoms with Crippen LogP contribution in [0.2, 0.25) is 0 Å². The Morgan fingerprint density at radius 2 is 2.35 bits per heavy atom. The third kappa shape index (κ3) is 3.00. The third-order valence-electron chi connectivity index (χ3n) is 3.18. The molecule has 1 N–H and O–H groups in total. The van der Waals surface area contributed by atoms with Crippen LogP contribution in [0.15, 0.2) is 22.7 Å². The highest BCUT2D eigenvalue weighted by molar-refractivity contribution is 9.10. The van der Waals surface area contributed by atoms with Crippen LogP contribution in [-0.2, 0) is 11.3 Å². The molecule has 0 bridgehead atoms. The van der Waals surface area contributed by atoms with Crippen LogP contribution in [-0.4, -0.2) is 25.9 Å². The molecule has 17 heavy (non-hydrogen) atoms. The fourth-order valence-electron chi connectivity index (χ4n) is 2.16. The van der Waals surface area contributed by atoms with Crippen LogP contribution in [0, 0.1) is 0 Å². The van der Waals surface area contributed by atoms with Gasteiger partial charge in [-0.05, 0) is 35.3 Å². The first-order valence-electron chi connectivity index (χ1n) is 5.88. The molecule has 0 amide bonds. The minimum atomic E-state index is 0.299. The molecule has 2 rings (SSSR count). The number of benzene rings is 1. The smallest absolute Gasteiger partial charge is 0.137 e. The summed E-state index contributed by atoms with van der Waals surface area (Å²) in [5.41, 5.74) is 1.17. The molecule has 1 aromatic rings. The van der Waals surface area contributed by atoms with E-state index in [1.165, 1.54) is 5.56 Å². The van der Waals surface area contributed by atoms with Crippen molar-refractivity contribution in [3.05, 3.63) is 28.2 Å². The van der Waals surface area contributed by atoms with E-state index in [1.54, 1.807) is 7.11 Å². The van der Waals surface area contributed by atoms with Gasteiger partial charge in [-0.25, -0.2) is 0 Å². The first-order chi connectivity index (χ1) is 8.22. The summed E-state index contributed by atoms with van der Waals surface area (Å²) in [6.07, 6.45) is 1.38. The Balaban J connectivity index is 2.01. The maximum Gasteiger partial charge on any atom is 0.137 e. The van der Waals surface area contributed by atoms with Gasteiger partial charge in [-0.1, -0.05) is 12.1 Å². The van der Waals surface area contributed by atoms with Gasteiger partial charge in [0.25, 0.3) is 0 Å². The standard InChI is InChI=1S/C13H18BrNO2/c1-9-12(6-7-17-9)15-8-10-4-3-5-11(14)13(10)16-2/h3-5,9,12,15H,6-8H2,1-2H3/t9-,12-/m1/s1. The number of para-hydroxylation sites is 1. The molecule has 1 heterocycles. The second-order valence-electron chi connectivity index (χ2n) is 4.28. The van der Waals surface area contributed by atoms with Gasteiger partial charge in [0, 0.05) is 24.8 Å². The van der Waals surface area contributed by atoms with E-state index in [2.05, 4.69) is 34.2 Å². The van der Waals surface area contributed by atoms with Crippen molar-refractivity contribution in [1.29, 1.82) is 0 Å². The van der Waals surface area contributed by atoms with Crippen molar-refractivity contribution < 1.29 is 9.47 Å². The van der Waals surface area contributed by atoms with E-state index in [0.717, 1.165) is 29.8 Å². The van der Waals surface area contributed by atoms with Crippen molar-refractivity contribution in [2.75, 3.05) is 13.7 Å². The molecule has 1 saturated heterocycles. The summed E-state index contributed by atoms with van der Waals surface area (Å²) < 4.78 is 11.9. The summed E-state index contributed by atoms with van der Waals surface area (Å²) in [5.74, 6) is 0.909. The van der Waals surface area contributed by atoms with Crippen molar-refractivity contribution in [3.8, 4) is 5.75 Å². The van der Waals surface area contributed by atoms with Crippen LogP contribution >= 0.6 is 15.9 Å². The second kappa shape index (κ2) is 5.85. The minimum Gasteiger partial charge on any atom is -0.495 e. The minimum absolute atomic E-state index is 0.299. The maximum atomic E-state index is 5.53. The molecule has 94 valence electrons. The molecule has 2 atom stereocenters. The number of hydrogen-bond donors (Lipinski definition) is 1. The number of hydrogen-bond acceptors (Lipinski definition) is 3. The molecular formula is C13H18BrNO2. The lowest BCUT2D eigenvalue weighted by molar-refractivity contribution is 0.113. The molecule has 0 radical (unpaired) electrons. The van der Waals surface area contributed by atoms with Crippen LogP contribution in [0.3, 0.4) is 0 Å². The van der Waals surface area contributed by atoms with Gasteiger partial charge in [0.05, 0.1) is 17.7 Å². The Morgan fingerprint density at radius 3 is 3.00 bits per heavy atom. The SMILES string of the molecule is COc1c(Br)cccc1CN[C@@H]1CCO[C@@H]1C. The highest BCUT2D eigenvalue weighted by atomic mass is 79.9. The Morgan fingerprint density at radius 1 is 1.53 bits per heavy atom. The topological polar surface area (TPSA) is 30.5 Å². The lowest BCUT2D eigenvalue weighted by Crippen LogP contribution is -2.34. The average Bonchev–Trinajstić information content (AvgIpc) is 2.72. The molecule has 0 saturated carbocycles. The molecule has 4 heteroatoms. The lowest BCUT2D eigenvalue weighted by atomic mass is 10.1. The van der Waals surface area contributed by atoms with Crippen LogP contribution < -0.4 is 10.1 Å². The highest BCUT2D eigenvalue weighted by Crippen LogP contribution is 2.28. The third-order valence-corrected chi connectivity index (χ3v) is 3.81. The second-order valence-corrected chi connectivity index (χ2v) is 5.14. The zero-order chi connectivity index (χ0) is 12.3. The molecule has 0 spiro atoms. The molecule has 0 unspecified atom stereocenters. The zero-order valence-electron chi connectivity index (χ0n) is 10.2. The number of nitrogens with one attached hydrogen (secondary N) is 1. The number of methoxy groups -OCH3 is 1.